The molecule has 1 rings (SSSR count). The van der Waals surface area contributed by atoms with Gasteiger partial charge in [-0.15, -0.1) is 0 Å². The molecule has 0 aromatic heterocycles. The van der Waals surface area contributed by atoms with Crippen LogP contribution in [0.3, 0.4) is 0 Å². The van der Waals surface area contributed by atoms with E-state index in [1.54, 1.807) is 18.2 Å². The van der Waals surface area contributed by atoms with E-state index >= 15 is 0 Å². The van der Waals surface area contributed by atoms with Gasteiger partial charge in [-0.1, -0.05) is 12.1 Å². The van der Waals surface area contributed by atoms with Gasteiger partial charge in [-0.3, -0.25) is 4.79 Å². The summed E-state index contributed by atoms with van der Waals surface area (Å²) in [5.41, 5.74) is 0.377. The number of phenolic OH excluding ortho intramolecular Hbond substituents is 1. The Balaban J connectivity index is -0.000000239. The first-order valence-electron chi connectivity index (χ1n) is 4.24. The summed E-state index contributed by atoms with van der Waals surface area (Å²) >= 11 is -0.889. The van der Waals surface area contributed by atoms with Gasteiger partial charge in [0, 0.05) is 14.2 Å². The standard InChI is InChI=1S/C8H8O2.2CH4O.2ClH.Ta/c1-6(9)7-4-2-3-5-8(7)10;2*1-2;;;/h2-5,10H,1H3;2*2H,1H3;2*1H;/q;;;;;+2/p-2. The fraction of sp³-hybridized carbons (Fsp3) is 0.300. The molecule has 0 aliphatic rings. The molecule has 1 aromatic rings. The Kier molecular flexibility index (Phi) is 23.8. The maximum atomic E-state index is 10.7. The summed E-state index contributed by atoms with van der Waals surface area (Å²) in [7, 11) is 11.9. The van der Waals surface area contributed by atoms with Crippen molar-refractivity contribution in [3.05, 3.63) is 29.8 Å². The van der Waals surface area contributed by atoms with Crippen LogP contribution in [0.1, 0.15) is 17.3 Å². The van der Waals surface area contributed by atoms with E-state index < -0.39 is 17.6 Å². The van der Waals surface area contributed by atoms with Gasteiger partial charge in [-0.25, -0.2) is 0 Å². The number of halogens is 2. The molecule has 0 spiro atoms. The van der Waals surface area contributed by atoms with Crippen molar-refractivity contribution in [3.63, 3.8) is 0 Å². The molecule has 0 aliphatic heterocycles. The number of hydrogen-bond acceptors (Lipinski definition) is 4. The number of para-hydroxylation sites is 1. The second-order valence-electron chi connectivity index (χ2n) is 2.14. The molecule has 0 aliphatic carbocycles. The first-order valence-corrected chi connectivity index (χ1v) is 12.2. The van der Waals surface area contributed by atoms with E-state index in [0.29, 0.717) is 5.56 Å². The summed E-state index contributed by atoms with van der Waals surface area (Å²) in [5.74, 6) is -0.0619. The van der Waals surface area contributed by atoms with E-state index in [1.807, 2.05) is 0 Å². The van der Waals surface area contributed by atoms with Crippen LogP contribution in [0, 0.1) is 0 Å². The third-order valence-electron chi connectivity index (χ3n) is 1.28. The third-order valence-corrected chi connectivity index (χ3v) is 1.28. The average molecular weight is 452 g/mol. The fourth-order valence-corrected chi connectivity index (χ4v) is 0.771. The van der Waals surface area contributed by atoms with Gasteiger partial charge in [-0.05, 0) is 19.1 Å². The first kappa shape index (κ1) is 22.1. The Morgan fingerprint density at radius 1 is 1.12 bits per heavy atom. The Hall–Kier alpha value is -0.0697. The number of hydrogen-bond donors (Lipinski definition) is 3. The average Bonchev–Trinajstić information content (AvgIpc) is 2.35. The SMILES string of the molecule is CC(=O)c1ccccc1O.CO.CO.[Cl][Ta][Cl]. The maximum absolute atomic E-state index is 10.7. The van der Waals surface area contributed by atoms with Crippen molar-refractivity contribution in [1.82, 2.24) is 0 Å². The van der Waals surface area contributed by atoms with Crippen molar-refractivity contribution >= 4 is 24.2 Å². The predicted octanol–water partition coefficient (Wildman–Crippen LogP) is 2.19. The van der Waals surface area contributed by atoms with Gasteiger partial charge in [0.25, 0.3) is 0 Å². The zero-order valence-electron chi connectivity index (χ0n) is 9.76. The number of carbonyl (C=O) groups excluding carboxylic acids is 1. The van der Waals surface area contributed by atoms with Crippen molar-refractivity contribution < 1.29 is 37.7 Å². The van der Waals surface area contributed by atoms with Crippen LogP contribution in [0.4, 0.5) is 0 Å². The number of ketones is 1. The fourth-order valence-electron chi connectivity index (χ4n) is 0.771. The normalized spacial score (nSPS) is 7.00. The number of aliphatic hydroxyl groups excluding tert-OH is 2. The van der Waals surface area contributed by atoms with Gasteiger partial charge in [0.1, 0.15) is 5.75 Å². The predicted molar refractivity (Wildman–Crippen MR) is 66.1 cm³/mol. The Morgan fingerprint density at radius 2 is 1.47 bits per heavy atom. The molecule has 3 N–H and O–H groups in total. The van der Waals surface area contributed by atoms with Crippen LogP contribution in [0.5, 0.6) is 5.75 Å². The van der Waals surface area contributed by atoms with Crippen LogP contribution >= 0.6 is 18.4 Å². The number of benzene rings is 1. The second-order valence-corrected chi connectivity index (χ2v) is 6.78. The number of aromatic hydroxyl groups is 1. The molecule has 0 fully saturated rings. The van der Waals surface area contributed by atoms with Crippen LogP contribution in [0.25, 0.3) is 0 Å². The van der Waals surface area contributed by atoms with E-state index in [1.165, 1.54) is 13.0 Å². The van der Waals surface area contributed by atoms with Crippen LogP contribution in [-0.2, 0) is 17.6 Å². The van der Waals surface area contributed by atoms with Crippen LogP contribution < -0.4 is 0 Å². The third kappa shape index (κ3) is 13.9. The molecule has 4 nitrogen and oxygen atoms in total. The summed E-state index contributed by atoms with van der Waals surface area (Å²) in [6, 6.07) is 6.49. The Morgan fingerprint density at radius 3 is 1.71 bits per heavy atom. The summed E-state index contributed by atoms with van der Waals surface area (Å²) in [6.07, 6.45) is 0. The molecule has 0 saturated carbocycles. The quantitative estimate of drug-likeness (QED) is 0.572. The van der Waals surface area contributed by atoms with Crippen LogP contribution in [0.2, 0.25) is 0 Å². The molecule has 1 aromatic carbocycles. The molecule has 0 amide bonds. The topological polar surface area (TPSA) is 77.8 Å². The van der Waals surface area contributed by atoms with Crippen molar-refractivity contribution in [2.24, 2.45) is 0 Å². The number of Topliss-reactive ketones (excluding diaryl/α,β-unsaturated/α-hetero) is 1. The Labute approximate surface area is 118 Å². The summed E-state index contributed by atoms with van der Waals surface area (Å²) < 4.78 is 0. The van der Waals surface area contributed by atoms with Gasteiger partial charge in [0.05, 0.1) is 5.56 Å². The van der Waals surface area contributed by atoms with E-state index in [9.17, 15) is 4.79 Å². The molecule has 99 valence electrons. The van der Waals surface area contributed by atoms with Gasteiger partial charge >= 0.3 is 36.0 Å². The second kappa shape index (κ2) is 18.3. The number of carbonyl (C=O) groups is 1. The number of rotatable bonds is 1. The van der Waals surface area contributed by atoms with Crippen LogP contribution in [0.15, 0.2) is 24.3 Å². The van der Waals surface area contributed by atoms with E-state index in [0.717, 1.165) is 14.2 Å². The minimum atomic E-state index is -0.889. The van der Waals surface area contributed by atoms with E-state index in [-0.39, 0.29) is 11.5 Å². The van der Waals surface area contributed by atoms with Crippen molar-refractivity contribution in [2.75, 3.05) is 14.2 Å². The van der Waals surface area contributed by atoms with Gasteiger partial charge in [0.2, 0.25) is 0 Å². The molecule has 0 saturated heterocycles. The van der Waals surface area contributed by atoms with Crippen LogP contribution in [-0.4, -0.2) is 35.3 Å². The van der Waals surface area contributed by atoms with Crippen molar-refractivity contribution in [2.45, 2.75) is 6.92 Å². The van der Waals surface area contributed by atoms with Crippen molar-refractivity contribution in [1.29, 1.82) is 0 Å². The monoisotopic (exact) mass is 451 g/mol. The first-order chi connectivity index (χ1) is 8.13. The molecule has 0 radical (unpaired) electrons. The number of phenols is 1. The zero-order chi connectivity index (χ0) is 14.3. The van der Waals surface area contributed by atoms with Gasteiger partial charge in [-0.2, -0.15) is 0 Å². The zero-order valence-corrected chi connectivity index (χ0v) is 14.5. The summed E-state index contributed by atoms with van der Waals surface area (Å²) in [4.78, 5) is 10.7. The number of aliphatic hydroxyl groups is 2. The molecular formula is C10H16Cl2O4Ta. The van der Waals surface area contributed by atoms with E-state index in [2.05, 4.69) is 0 Å². The molecule has 17 heavy (non-hydrogen) atoms. The molecule has 0 heterocycles. The van der Waals surface area contributed by atoms with Crippen molar-refractivity contribution in [3.8, 4) is 5.75 Å². The Bertz CT molecular complexity index is 285. The molecular weight excluding hydrogens is 436 g/mol. The summed E-state index contributed by atoms with van der Waals surface area (Å²) in [5, 5.41) is 23.1. The molecule has 0 bridgehead atoms. The molecule has 0 atom stereocenters. The molecule has 0 unspecified atom stereocenters. The summed E-state index contributed by atoms with van der Waals surface area (Å²) in [6.45, 7) is 1.43. The van der Waals surface area contributed by atoms with Gasteiger partial charge < -0.3 is 15.3 Å². The van der Waals surface area contributed by atoms with Gasteiger partial charge in [0.15, 0.2) is 5.78 Å². The minimum absolute atomic E-state index is 0.0509. The van der Waals surface area contributed by atoms with E-state index in [4.69, 9.17) is 33.7 Å². The molecule has 7 heteroatoms.